The van der Waals surface area contributed by atoms with Gasteiger partial charge >= 0.3 is 0 Å². The molecule has 1 N–H and O–H groups in total. The van der Waals surface area contributed by atoms with Gasteiger partial charge in [-0.05, 0) is 61.2 Å². The molecular formula is C17H17ClFNO. The van der Waals surface area contributed by atoms with Crippen LogP contribution in [0.3, 0.4) is 0 Å². The first kappa shape index (κ1) is 14.2. The van der Waals surface area contributed by atoms with Crippen LogP contribution in [0.2, 0.25) is 5.02 Å². The highest BCUT2D eigenvalue weighted by Gasteiger charge is 2.22. The number of ether oxygens (including phenoxy) is 1. The van der Waals surface area contributed by atoms with Crippen LogP contribution in [-0.2, 0) is 6.42 Å². The normalized spacial score (nSPS) is 16.6. The maximum atomic E-state index is 13.2. The highest BCUT2D eigenvalue weighted by atomic mass is 35.5. The number of nitrogens with one attached hydrogen (secondary N) is 1. The van der Waals surface area contributed by atoms with Crippen LogP contribution < -0.4 is 10.1 Å². The fourth-order valence-electron chi connectivity index (χ4n) is 2.80. The molecule has 0 aliphatic heterocycles. The van der Waals surface area contributed by atoms with E-state index in [9.17, 15) is 4.39 Å². The van der Waals surface area contributed by atoms with Crippen molar-refractivity contribution in [3.05, 3.63) is 58.4 Å². The summed E-state index contributed by atoms with van der Waals surface area (Å²) in [6.45, 7) is 2.52. The summed E-state index contributed by atoms with van der Waals surface area (Å²) in [6.07, 6.45) is 1.86. The SMILES string of the molecule is CCOc1ccc(NC2CCc3cc(F)ccc32)cc1Cl. The first-order valence-corrected chi connectivity index (χ1v) is 7.52. The van der Waals surface area contributed by atoms with Crippen LogP contribution in [0.5, 0.6) is 5.75 Å². The van der Waals surface area contributed by atoms with Gasteiger partial charge < -0.3 is 10.1 Å². The van der Waals surface area contributed by atoms with Crippen LogP contribution in [0.1, 0.15) is 30.5 Å². The summed E-state index contributed by atoms with van der Waals surface area (Å²) in [7, 11) is 0. The number of benzene rings is 2. The number of anilines is 1. The minimum absolute atomic E-state index is 0.168. The number of hydrogen-bond donors (Lipinski definition) is 1. The van der Waals surface area contributed by atoms with E-state index in [1.54, 1.807) is 6.07 Å². The molecule has 21 heavy (non-hydrogen) atoms. The number of rotatable bonds is 4. The Morgan fingerprint density at radius 2 is 2.14 bits per heavy atom. The van der Waals surface area contributed by atoms with E-state index in [0.29, 0.717) is 17.4 Å². The van der Waals surface area contributed by atoms with Crippen molar-refractivity contribution in [3.8, 4) is 5.75 Å². The lowest BCUT2D eigenvalue weighted by Crippen LogP contribution is -2.07. The lowest BCUT2D eigenvalue weighted by Gasteiger charge is -2.16. The van der Waals surface area contributed by atoms with Gasteiger partial charge in [0.05, 0.1) is 17.7 Å². The van der Waals surface area contributed by atoms with E-state index in [1.165, 1.54) is 11.6 Å². The highest BCUT2D eigenvalue weighted by molar-refractivity contribution is 6.32. The average molecular weight is 306 g/mol. The monoisotopic (exact) mass is 305 g/mol. The molecule has 4 heteroatoms. The third-order valence-electron chi connectivity index (χ3n) is 3.76. The van der Waals surface area contributed by atoms with E-state index in [2.05, 4.69) is 5.32 Å². The van der Waals surface area contributed by atoms with Crippen LogP contribution >= 0.6 is 11.6 Å². The molecule has 0 saturated heterocycles. The molecule has 1 unspecified atom stereocenters. The molecule has 0 heterocycles. The lowest BCUT2D eigenvalue weighted by atomic mass is 10.1. The Morgan fingerprint density at radius 3 is 2.90 bits per heavy atom. The van der Waals surface area contributed by atoms with Gasteiger partial charge in [-0.3, -0.25) is 0 Å². The quantitative estimate of drug-likeness (QED) is 0.860. The van der Waals surface area contributed by atoms with Gasteiger partial charge in [-0.25, -0.2) is 4.39 Å². The van der Waals surface area contributed by atoms with E-state index >= 15 is 0 Å². The van der Waals surface area contributed by atoms with E-state index in [1.807, 2.05) is 31.2 Å². The molecule has 0 saturated carbocycles. The first-order valence-electron chi connectivity index (χ1n) is 7.14. The Bertz CT molecular complexity index is 659. The lowest BCUT2D eigenvalue weighted by molar-refractivity contribution is 0.340. The Morgan fingerprint density at radius 1 is 1.29 bits per heavy atom. The molecule has 0 amide bonds. The standard InChI is InChI=1S/C17H17ClFNO/c1-2-21-17-8-5-13(10-15(17)18)20-16-7-3-11-9-12(19)4-6-14(11)16/h4-6,8-10,16,20H,2-3,7H2,1H3. The van der Waals surface area contributed by atoms with Crippen LogP contribution in [0, 0.1) is 5.82 Å². The summed E-state index contributed by atoms with van der Waals surface area (Å²) in [5.41, 5.74) is 3.21. The van der Waals surface area contributed by atoms with E-state index in [0.717, 1.165) is 24.1 Å². The zero-order valence-electron chi connectivity index (χ0n) is 11.8. The minimum atomic E-state index is -0.168. The maximum Gasteiger partial charge on any atom is 0.138 e. The van der Waals surface area contributed by atoms with Gasteiger partial charge in [0.2, 0.25) is 0 Å². The van der Waals surface area contributed by atoms with Gasteiger partial charge in [0.15, 0.2) is 0 Å². The first-order chi connectivity index (χ1) is 10.2. The third kappa shape index (κ3) is 2.98. The topological polar surface area (TPSA) is 21.3 Å². The summed E-state index contributed by atoms with van der Waals surface area (Å²) in [6, 6.07) is 10.9. The number of fused-ring (bicyclic) bond motifs is 1. The summed E-state index contributed by atoms with van der Waals surface area (Å²) >= 11 is 6.20. The van der Waals surface area contributed by atoms with Crippen molar-refractivity contribution in [2.75, 3.05) is 11.9 Å². The molecular weight excluding hydrogens is 289 g/mol. The molecule has 0 radical (unpaired) electrons. The number of aryl methyl sites for hydroxylation is 1. The van der Waals surface area contributed by atoms with Crippen molar-refractivity contribution in [2.45, 2.75) is 25.8 Å². The third-order valence-corrected chi connectivity index (χ3v) is 4.05. The number of hydrogen-bond acceptors (Lipinski definition) is 2. The van der Waals surface area contributed by atoms with Crippen molar-refractivity contribution in [3.63, 3.8) is 0 Å². The Labute approximate surface area is 128 Å². The molecule has 0 aromatic heterocycles. The molecule has 2 aromatic carbocycles. The van der Waals surface area contributed by atoms with Gasteiger partial charge in [-0.1, -0.05) is 17.7 Å². The van der Waals surface area contributed by atoms with Crippen molar-refractivity contribution in [1.82, 2.24) is 0 Å². The molecule has 1 aliphatic carbocycles. The summed E-state index contributed by atoms with van der Waals surface area (Å²) < 4.78 is 18.7. The van der Waals surface area contributed by atoms with Crippen molar-refractivity contribution >= 4 is 17.3 Å². The van der Waals surface area contributed by atoms with Crippen LogP contribution in [0.4, 0.5) is 10.1 Å². The summed E-state index contributed by atoms with van der Waals surface area (Å²) in [4.78, 5) is 0. The van der Waals surface area contributed by atoms with E-state index < -0.39 is 0 Å². The molecule has 0 fully saturated rings. The second-order valence-electron chi connectivity index (χ2n) is 5.16. The largest absolute Gasteiger partial charge is 0.492 e. The molecule has 2 aromatic rings. The number of halogens is 2. The van der Waals surface area contributed by atoms with Gasteiger partial charge in [0, 0.05) is 5.69 Å². The van der Waals surface area contributed by atoms with E-state index in [-0.39, 0.29) is 11.9 Å². The predicted octanol–water partition coefficient (Wildman–Crippen LogP) is 4.98. The van der Waals surface area contributed by atoms with Gasteiger partial charge in [0.25, 0.3) is 0 Å². The second kappa shape index (κ2) is 5.94. The van der Waals surface area contributed by atoms with Crippen LogP contribution in [0.25, 0.3) is 0 Å². The Hall–Kier alpha value is -1.74. The molecule has 1 atom stereocenters. The molecule has 3 rings (SSSR count). The maximum absolute atomic E-state index is 13.2. The molecule has 110 valence electrons. The molecule has 2 nitrogen and oxygen atoms in total. The second-order valence-corrected chi connectivity index (χ2v) is 5.56. The summed E-state index contributed by atoms with van der Waals surface area (Å²) in [5.74, 6) is 0.525. The zero-order valence-corrected chi connectivity index (χ0v) is 12.6. The smallest absolute Gasteiger partial charge is 0.138 e. The fourth-order valence-corrected chi connectivity index (χ4v) is 3.04. The van der Waals surface area contributed by atoms with Crippen molar-refractivity contribution in [2.24, 2.45) is 0 Å². The fraction of sp³-hybridized carbons (Fsp3) is 0.294. The van der Waals surface area contributed by atoms with Crippen molar-refractivity contribution < 1.29 is 9.13 Å². The molecule has 0 spiro atoms. The average Bonchev–Trinajstić information content (AvgIpc) is 2.84. The van der Waals surface area contributed by atoms with Crippen LogP contribution in [0.15, 0.2) is 36.4 Å². The van der Waals surface area contributed by atoms with Gasteiger partial charge in [-0.15, -0.1) is 0 Å². The van der Waals surface area contributed by atoms with Gasteiger partial charge in [0.1, 0.15) is 11.6 Å². The molecule has 0 bridgehead atoms. The van der Waals surface area contributed by atoms with Crippen LogP contribution in [-0.4, -0.2) is 6.61 Å². The van der Waals surface area contributed by atoms with Crippen molar-refractivity contribution in [1.29, 1.82) is 0 Å². The van der Waals surface area contributed by atoms with Gasteiger partial charge in [-0.2, -0.15) is 0 Å². The highest BCUT2D eigenvalue weighted by Crippen LogP contribution is 2.36. The Kier molecular flexibility index (Phi) is 4.02. The summed E-state index contributed by atoms with van der Waals surface area (Å²) in [5, 5.41) is 4.06. The Balaban J connectivity index is 1.78. The zero-order chi connectivity index (χ0) is 14.8. The van der Waals surface area contributed by atoms with E-state index in [4.69, 9.17) is 16.3 Å². The predicted molar refractivity (Wildman–Crippen MR) is 83.7 cm³/mol. The minimum Gasteiger partial charge on any atom is -0.492 e. The molecule has 1 aliphatic rings.